The zero-order valence-corrected chi connectivity index (χ0v) is 26.2. The van der Waals surface area contributed by atoms with E-state index in [1.54, 1.807) is 32.6 Å². The molecule has 224 valence electrons. The summed E-state index contributed by atoms with van der Waals surface area (Å²) in [6, 6.07) is -1.03. The van der Waals surface area contributed by atoms with Crippen molar-refractivity contribution in [3.8, 4) is 0 Å². The van der Waals surface area contributed by atoms with Gasteiger partial charge in [0, 0.05) is 33.3 Å². The van der Waals surface area contributed by atoms with Gasteiger partial charge in [-0.1, -0.05) is 26.6 Å². The van der Waals surface area contributed by atoms with E-state index in [1.165, 1.54) is 4.90 Å². The van der Waals surface area contributed by atoms with Crippen molar-refractivity contribution in [2.45, 2.75) is 104 Å². The van der Waals surface area contributed by atoms with E-state index in [1.807, 2.05) is 0 Å². The second kappa shape index (κ2) is 11.2. The van der Waals surface area contributed by atoms with Gasteiger partial charge in [0.25, 0.3) is 17.7 Å². The lowest BCUT2D eigenvalue weighted by Gasteiger charge is -2.46. The highest BCUT2D eigenvalue weighted by Gasteiger charge is 2.54. The Bertz CT molecular complexity index is 1100. The summed E-state index contributed by atoms with van der Waals surface area (Å²) in [6.07, 6.45) is 2.15. The first-order valence-electron chi connectivity index (χ1n) is 14.0. The molecule has 0 radical (unpaired) electrons. The predicted molar refractivity (Wildman–Crippen MR) is 152 cm³/mol. The molecule has 0 aromatic heterocycles. The van der Waals surface area contributed by atoms with Crippen LogP contribution in [0.15, 0.2) is 11.4 Å². The number of nitrogens with zero attached hydrogens (tertiary/aromatic N) is 4. The maximum absolute atomic E-state index is 13.4. The number of carbonyl (C=O) groups excluding carboxylic acids is 5. The number of rotatable bonds is 9. The molecule has 2 aliphatic heterocycles. The Morgan fingerprint density at radius 1 is 0.975 bits per heavy atom. The van der Waals surface area contributed by atoms with Crippen molar-refractivity contribution >= 4 is 37.9 Å². The van der Waals surface area contributed by atoms with E-state index in [-0.39, 0.29) is 29.7 Å². The molecule has 40 heavy (non-hydrogen) atoms. The second-order valence-corrected chi connectivity index (χ2v) is 19.2. The summed E-state index contributed by atoms with van der Waals surface area (Å²) >= 11 is 0. The molecule has 13 heteroatoms. The Kier molecular flexibility index (Phi) is 8.81. The van der Waals surface area contributed by atoms with E-state index in [0.29, 0.717) is 38.8 Å². The first-order valence-corrected chi connectivity index (χ1v) is 17.7. The Hall–Kier alpha value is -2.93. The minimum Gasteiger partial charge on any atom is -0.385 e. The molecule has 3 aliphatic rings. The molecule has 2 heterocycles. The zero-order valence-electron chi connectivity index (χ0n) is 25.2. The fraction of sp³-hybridized carbons (Fsp3) is 0.741. The number of barbiturate groups is 1. The van der Waals surface area contributed by atoms with Gasteiger partial charge in [0.05, 0.1) is 0 Å². The highest BCUT2D eigenvalue weighted by molar-refractivity contribution is 6.76. The van der Waals surface area contributed by atoms with Crippen LogP contribution < -0.4 is 11.5 Å². The van der Waals surface area contributed by atoms with Gasteiger partial charge < -0.3 is 21.1 Å². The van der Waals surface area contributed by atoms with Crippen LogP contribution in [0.4, 0.5) is 9.59 Å². The van der Waals surface area contributed by atoms with Gasteiger partial charge in [-0.3, -0.25) is 24.2 Å². The summed E-state index contributed by atoms with van der Waals surface area (Å²) < 4.78 is 5.72. The van der Waals surface area contributed by atoms with Gasteiger partial charge in [0.15, 0.2) is 0 Å². The van der Waals surface area contributed by atoms with E-state index in [2.05, 4.69) is 26.6 Å². The van der Waals surface area contributed by atoms with Gasteiger partial charge in [-0.25, -0.2) is 14.5 Å². The summed E-state index contributed by atoms with van der Waals surface area (Å²) in [5, 5.41) is 0. The Balaban J connectivity index is 1.70. The highest BCUT2D eigenvalue weighted by Crippen LogP contribution is 2.42. The molecule has 3 rings (SSSR count). The molecule has 4 N–H and O–H groups in total. The lowest BCUT2D eigenvalue weighted by atomic mass is 9.72. The minimum absolute atomic E-state index is 0.0642. The van der Waals surface area contributed by atoms with Crippen molar-refractivity contribution in [2.75, 3.05) is 19.9 Å². The largest absolute Gasteiger partial charge is 0.385 e. The van der Waals surface area contributed by atoms with Crippen molar-refractivity contribution in [2.24, 2.45) is 16.9 Å². The van der Waals surface area contributed by atoms with Crippen molar-refractivity contribution in [1.29, 1.82) is 0 Å². The third kappa shape index (κ3) is 6.04. The lowest BCUT2D eigenvalue weighted by Crippen LogP contribution is -2.62. The average molecular weight is 579 g/mol. The summed E-state index contributed by atoms with van der Waals surface area (Å²) in [5.41, 5.74) is 9.60. The van der Waals surface area contributed by atoms with Crippen molar-refractivity contribution in [3.63, 3.8) is 0 Å². The number of hydrogen-bond donors (Lipinski definition) is 2. The van der Waals surface area contributed by atoms with Crippen LogP contribution in [0.1, 0.15) is 60.3 Å². The predicted octanol–water partition coefficient (Wildman–Crippen LogP) is 2.62. The van der Waals surface area contributed by atoms with Gasteiger partial charge >= 0.3 is 12.1 Å². The molecule has 0 aromatic rings. The fourth-order valence-electron chi connectivity index (χ4n) is 5.57. The van der Waals surface area contributed by atoms with Gasteiger partial charge in [0.2, 0.25) is 0 Å². The molecule has 0 unspecified atom stereocenters. The Labute approximate surface area is 238 Å². The summed E-state index contributed by atoms with van der Waals surface area (Å²) in [5.74, 6) is -2.25. The van der Waals surface area contributed by atoms with E-state index >= 15 is 0 Å². The Morgan fingerprint density at radius 2 is 1.55 bits per heavy atom. The normalized spacial score (nSPS) is 26.1. The number of hydrogen-bond acceptors (Lipinski definition) is 8. The molecule has 1 aliphatic carbocycles. The lowest BCUT2D eigenvalue weighted by molar-refractivity contribution is -0.139. The van der Waals surface area contributed by atoms with Crippen LogP contribution in [0, 0.1) is 5.41 Å². The van der Waals surface area contributed by atoms with Gasteiger partial charge in [-0.15, -0.1) is 0 Å². The SMILES string of the molecule is CC(C)N1C(=O)C(=C(N)N)C(=O)N(C2CCC(C)(CN3C(=O)N(COCC[Si](C)(C)C)C(=O)C3(C)C)CC2)C1=O. The van der Waals surface area contributed by atoms with E-state index < -0.39 is 49.4 Å². The molecule has 0 atom stereocenters. The van der Waals surface area contributed by atoms with Gasteiger partial charge in [-0.2, -0.15) is 0 Å². The summed E-state index contributed by atoms with van der Waals surface area (Å²) in [4.78, 5) is 70.7. The van der Waals surface area contributed by atoms with Crippen LogP contribution in [0.2, 0.25) is 25.7 Å². The number of amides is 7. The first-order chi connectivity index (χ1) is 18.3. The highest BCUT2D eigenvalue weighted by atomic mass is 28.3. The topological polar surface area (TPSA) is 160 Å². The maximum atomic E-state index is 13.4. The van der Waals surface area contributed by atoms with Crippen molar-refractivity contribution in [1.82, 2.24) is 19.6 Å². The van der Waals surface area contributed by atoms with Gasteiger partial charge in [0.1, 0.15) is 23.7 Å². The molecule has 7 amide bonds. The monoisotopic (exact) mass is 578 g/mol. The zero-order chi connectivity index (χ0) is 30.4. The fourth-order valence-corrected chi connectivity index (χ4v) is 6.33. The number of ether oxygens (including phenoxy) is 1. The van der Waals surface area contributed by atoms with E-state index in [9.17, 15) is 24.0 Å². The number of carbonyl (C=O) groups is 5. The van der Waals surface area contributed by atoms with Crippen LogP contribution >= 0.6 is 0 Å². The van der Waals surface area contributed by atoms with Crippen LogP contribution in [0.25, 0.3) is 0 Å². The van der Waals surface area contributed by atoms with Crippen molar-refractivity contribution < 1.29 is 28.7 Å². The molecule has 0 spiro atoms. The summed E-state index contributed by atoms with van der Waals surface area (Å²) in [7, 11) is -1.30. The van der Waals surface area contributed by atoms with E-state index in [4.69, 9.17) is 16.2 Å². The third-order valence-corrected chi connectivity index (χ3v) is 9.98. The first kappa shape index (κ1) is 31.6. The molecule has 0 bridgehead atoms. The number of nitrogens with two attached hydrogens (primary N) is 2. The number of urea groups is 2. The van der Waals surface area contributed by atoms with Crippen LogP contribution in [-0.2, 0) is 19.1 Å². The van der Waals surface area contributed by atoms with Crippen LogP contribution in [0.3, 0.4) is 0 Å². The van der Waals surface area contributed by atoms with Gasteiger partial charge in [-0.05, 0) is 64.8 Å². The third-order valence-electron chi connectivity index (χ3n) is 8.27. The summed E-state index contributed by atoms with van der Waals surface area (Å²) in [6.45, 7) is 16.4. The smallest absolute Gasteiger partial charge is 0.334 e. The maximum Gasteiger partial charge on any atom is 0.334 e. The number of imide groups is 3. The second-order valence-electron chi connectivity index (χ2n) is 13.6. The Morgan fingerprint density at radius 3 is 2.05 bits per heavy atom. The molecular weight excluding hydrogens is 532 g/mol. The minimum atomic E-state index is -1.30. The molecule has 3 fully saturated rings. The molecule has 0 aromatic carbocycles. The quantitative estimate of drug-likeness (QED) is 0.139. The molecule has 12 nitrogen and oxygen atoms in total. The van der Waals surface area contributed by atoms with Crippen molar-refractivity contribution in [3.05, 3.63) is 11.4 Å². The van der Waals surface area contributed by atoms with E-state index in [0.717, 1.165) is 15.8 Å². The molecular formula is C27H46N6O6Si. The average Bonchev–Trinajstić information content (AvgIpc) is 2.96. The van der Waals surface area contributed by atoms with Crippen LogP contribution in [-0.4, -0.2) is 95.0 Å². The molecule has 1 saturated carbocycles. The standard InChI is InChI=1S/C27H46N6O6Si/c1-17(2)32-21(34)19(20(28)29)22(35)33(25(32)38)18-9-11-27(5,12-10-18)15-31-24(37)30(23(36)26(31,3)4)16-39-13-14-40(6,7)8/h17-18H,9-16,28-29H2,1-8H3. The van der Waals surface area contributed by atoms with Crippen LogP contribution in [0.5, 0.6) is 0 Å². The molecule has 2 saturated heterocycles.